The van der Waals surface area contributed by atoms with Crippen molar-refractivity contribution in [2.75, 3.05) is 7.05 Å². The highest BCUT2D eigenvalue weighted by Gasteiger charge is 2.60. The number of rotatable bonds is 4. The maximum Gasteiger partial charge on any atom is 0.492 e. The second-order valence-corrected chi connectivity index (χ2v) is 12.3. The molecule has 47 heavy (non-hydrogen) atoms. The molecule has 7 heteroatoms. The summed E-state index contributed by atoms with van der Waals surface area (Å²) in [5.41, 5.74) is 12.0. The van der Waals surface area contributed by atoms with E-state index < -0.39 is 11.0 Å². The lowest BCUT2D eigenvalue weighted by atomic mass is 9.69. The van der Waals surface area contributed by atoms with Crippen molar-refractivity contribution in [1.82, 2.24) is 25.1 Å². The van der Waals surface area contributed by atoms with Crippen LogP contribution in [0.5, 0.6) is 0 Å². The average Bonchev–Trinajstić information content (AvgIpc) is 3.91. The van der Waals surface area contributed by atoms with Crippen LogP contribution in [0.15, 0.2) is 140 Å². The van der Waals surface area contributed by atoms with E-state index in [2.05, 4.69) is 123 Å². The molecule has 0 bridgehead atoms. The highest BCUT2D eigenvalue weighted by molar-refractivity contribution is 5.86. The Morgan fingerprint density at radius 3 is 2.13 bits per heavy atom. The van der Waals surface area contributed by atoms with Gasteiger partial charge in [-0.3, -0.25) is 15.1 Å². The highest BCUT2D eigenvalue weighted by atomic mass is 15.3. The Hall–Kier alpha value is -6.30. The van der Waals surface area contributed by atoms with Gasteiger partial charge in [0.25, 0.3) is 5.54 Å². The van der Waals surface area contributed by atoms with Crippen LogP contribution in [0.25, 0.3) is 22.3 Å². The molecule has 1 N–H and O–H groups in total. The van der Waals surface area contributed by atoms with E-state index in [0.29, 0.717) is 0 Å². The number of benzene rings is 3. The van der Waals surface area contributed by atoms with Gasteiger partial charge in [-0.2, -0.15) is 10.1 Å². The zero-order valence-electron chi connectivity index (χ0n) is 25.5. The van der Waals surface area contributed by atoms with Gasteiger partial charge in [-0.25, -0.2) is 0 Å². The van der Waals surface area contributed by atoms with E-state index in [1.54, 1.807) is 0 Å². The molecule has 0 saturated heterocycles. The van der Waals surface area contributed by atoms with Gasteiger partial charge < -0.3 is 0 Å². The molecule has 10 rings (SSSR count). The summed E-state index contributed by atoms with van der Waals surface area (Å²) in [6.07, 6.45) is 11.5. The molecule has 0 fully saturated rings. The molecule has 0 radical (unpaired) electrons. The Kier molecular flexibility index (Phi) is 5.17. The van der Waals surface area contributed by atoms with Crippen molar-refractivity contribution < 1.29 is 9.15 Å². The van der Waals surface area contributed by atoms with E-state index in [9.17, 15) is 0 Å². The van der Waals surface area contributed by atoms with Gasteiger partial charge in [0.1, 0.15) is 0 Å². The second kappa shape index (κ2) is 9.36. The predicted octanol–water partition coefficient (Wildman–Crippen LogP) is 7.04. The van der Waals surface area contributed by atoms with Gasteiger partial charge in [0.05, 0.1) is 16.7 Å². The lowest BCUT2D eigenvalue weighted by molar-refractivity contribution is -0.520. The number of nitrogens with one attached hydrogen (secondary N) is 1. The number of aromatic nitrogens is 5. The van der Waals surface area contributed by atoms with Crippen LogP contribution in [0.2, 0.25) is 0 Å². The van der Waals surface area contributed by atoms with Crippen LogP contribution in [-0.2, 0) is 11.0 Å². The maximum absolute atomic E-state index is 4.95. The fourth-order valence-corrected chi connectivity index (χ4v) is 8.40. The van der Waals surface area contributed by atoms with Crippen molar-refractivity contribution in [1.29, 1.82) is 0 Å². The summed E-state index contributed by atoms with van der Waals surface area (Å²) < 4.78 is 4.25. The van der Waals surface area contributed by atoms with Crippen molar-refractivity contribution >= 4 is 17.5 Å². The molecule has 3 aliphatic rings. The zero-order valence-corrected chi connectivity index (χ0v) is 25.5. The molecule has 3 aromatic carbocycles. The molecule has 7 aromatic rings. The Labute approximate surface area is 270 Å². The van der Waals surface area contributed by atoms with Crippen LogP contribution in [0.4, 0.5) is 11.5 Å². The SMILES string of the molecule is C[N+]1=C=[N+](C2(c3cccc(C4(c5ccn[nH]5)c5ccccc5-c5ccncc54)c3)c3ccccc3-c3ccncc32)c2ncccc21. The van der Waals surface area contributed by atoms with Crippen molar-refractivity contribution in [3.63, 3.8) is 0 Å². The number of aromatic amines is 1. The van der Waals surface area contributed by atoms with Crippen LogP contribution in [0.3, 0.4) is 0 Å². The van der Waals surface area contributed by atoms with Gasteiger partial charge in [-0.05, 0) is 69.3 Å². The van der Waals surface area contributed by atoms with Crippen molar-refractivity contribution in [2.45, 2.75) is 11.0 Å². The van der Waals surface area contributed by atoms with Gasteiger partial charge in [-0.1, -0.05) is 75.9 Å². The van der Waals surface area contributed by atoms with Crippen molar-refractivity contribution in [3.8, 4) is 22.3 Å². The molecule has 220 valence electrons. The molecule has 2 unspecified atom stereocenters. The van der Waals surface area contributed by atoms with Gasteiger partial charge in [0, 0.05) is 54.4 Å². The molecule has 0 spiro atoms. The molecule has 2 aliphatic carbocycles. The number of nitrogens with zero attached hydrogens (tertiary/aromatic N) is 6. The molecule has 7 nitrogen and oxygen atoms in total. The standard InChI is InChI=1S/C40H27N7/c1-46-25-47(38-36(46)14-7-18-43-38)40(33-13-5-3-11-29(33)31-16-20-42-24-35(31)40)27-9-6-8-26(22-27)39(37-17-21-44-45-37)32-12-4-2-10-28(32)30-15-19-41-23-34(30)39/h2-24H,1H3,(H,44,45)/q+2. The summed E-state index contributed by atoms with van der Waals surface area (Å²) in [6, 6.07) is 40.5. The maximum atomic E-state index is 4.95. The number of fused-ring (bicyclic) bond motifs is 7. The molecule has 5 heterocycles. The van der Waals surface area contributed by atoms with E-state index in [4.69, 9.17) is 9.97 Å². The third-order valence-electron chi connectivity index (χ3n) is 10.2. The van der Waals surface area contributed by atoms with E-state index >= 15 is 0 Å². The minimum absolute atomic E-state index is 0.671. The summed E-state index contributed by atoms with van der Waals surface area (Å²) in [6.45, 7) is 0. The first-order valence-electron chi connectivity index (χ1n) is 15.7. The second-order valence-electron chi connectivity index (χ2n) is 12.3. The minimum Gasteiger partial charge on any atom is -0.281 e. The highest BCUT2D eigenvalue weighted by Crippen LogP contribution is 2.58. The molecule has 0 amide bonds. The van der Waals surface area contributed by atoms with Crippen LogP contribution in [0, 0.1) is 0 Å². The van der Waals surface area contributed by atoms with Crippen molar-refractivity contribution in [3.05, 3.63) is 179 Å². The normalized spacial score (nSPS) is 19.7. The molecular weight excluding hydrogens is 578 g/mol. The number of pyridine rings is 3. The van der Waals surface area contributed by atoms with E-state index in [1.165, 1.54) is 22.3 Å². The Morgan fingerprint density at radius 1 is 0.617 bits per heavy atom. The quantitative estimate of drug-likeness (QED) is 0.219. The minimum atomic E-state index is -0.810. The van der Waals surface area contributed by atoms with Crippen LogP contribution < -0.4 is 0 Å². The summed E-state index contributed by atoms with van der Waals surface area (Å²) in [4.78, 5) is 14.3. The topological polar surface area (TPSA) is 73.4 Å². The van der Waals surface area contributed by atoms with Gasteiger partial charge >= 0.3 is 17.5 Å². The average molecular weight is 606 g/mol. The zero-order chi connectivity index (χ0) is 31.2. The predicted molar refractivity (Wildman–Crippen MR) is 178 cm³/mol. The van der Waals surface area contributed by atoms with Crippen molar-refractivity contribution in [2.24, 2.45) is 0 Å². The first-order valence-corrected chi connectivity index (χ1v) is 15.7. The Balaban J connectivity index is 1.34. The smallest absolute Gasteiger partial charge is 0.281 e. The van der Waals surface area contributed by atoms with Crippen LogP contribution in [-0.4, -0.2) is 47.4 Å². The first-order chi connectivity index (χ1) is 23.2. The number of H-pyrrole nitrogens is 1. The Morgan fingerprint density at radius 2 is 1.32 bits per heavy atom. The fourth-order valence-electron chi connectivity index (χ4n) is 8.40. The van der Waals surface area contributed by atoms with E-state index in [-0.39, 0.29) is 0 Å². The van der Waals surface area contributed by atoms with Crippen LogP contribution >= 0.6 is 0 Å². The van der Waals surface area contributed by atoms with Gasteiger partial charge in [-0.15, -0.1) is 0 Å². The van der Waals surface area contributed by atoms with E-state index in [0.717, 1.165) is 50.6 Å². The lowest BCUT2D eigenvalue weighted by Crippen LogP contribution is -2.38. The largest absolute Gasteiger partial charge is 0.492 e. The third kappa shape index (κ3) is 3.16. The molecule has 1 aliphatic heterocycles. The first kappa shape index (κ1) is 26.0. The van der Waals surface area contributed by atoms with Gasteiger partial charge in [0.15, 0.2) is 7.05 Å². The van der Waals surface area contributed by atoms with Crippen LogP contribution in [0.1, 0.15) is 39.1 Å². The summed E-state index contributed by atoms with van der Waals surface area (Å²) in [5, 5.41) is 7.84. The Bertz CT molecular complexity index is 2400. The number of hydrogen-bond donors (Lipinski definition) is 1. The summed E-state index contributed by atoms with van der Waals surface area (Å²) in [7, 11) is 2.03. The molecule has 2 atom stereocenters. The number of hydrogen-bond acceptors (Lipinski definition) is 4. The van der Waals surface area contributed by atoms with Gasteiger partial charge in [0.2, 0.25) is 0 Å². The summed E-state index contributed by atoms with van der Waals surface area (Å²) >= 11 is 0. The lowest BCUT2D eigenvalue weighted by Gasteiger charge is -2.33. The molecule has 4 aromatic heterocycles. The van der Waals surface area contributed by atoms with E-state index in [1.807, 2.05) is 54.9 Å². The summed E-state index contributed by atoms with van der Waals surface area (Å²) in [5.74, 6) is 0.843. The fraction of sp³-hybridized carbons (Fsp3) is 0.0750. The molecule has 0 saturated carbocycles. The molecular formula is C40H27N7+2. The monoisotopic (exact) mass is 605 g/mol. The third-order valence-corrected chi connectivity index (χ3v) is 10.2.